The van der Waals surface area contributed by atoms with Gasteiger partial charge in [-0.2, -0.15) is 5.10 Å². The Morgan fingerprint density at radius 3 is 2.40 bits per heavy atom. The maximum Gasteiger partial charge on any atom is 0.259 e. The first-order valence-electron chi connectivity index (χ1n) is 7.09. The zero-order chi connectivity index (χ0) is 15.0. The molecule has 2 rings (SSSR count). The number of hydrogen-bond donors (Lipinski definition) is 1. The lowest BCUT2D eigenvalue weighted by Gasteiger charge is -2.36. The van der Waals surface area contributed by atoms with Crippen molar-refractivity contribution in [3.05, 3.63) is 16.4 Å². The fraction of sp³-hybridized carbons (Fsp3) is 0.714. The van der Waals surface area contributed by atoms with Crippen LogP contribution in [0.2, 0.25) is 5.15 Å². The number of aryl methyl sites for hydroxylation is 1. The predicted octanol–water partition coefficient (Wildman–Crippen LogP) is 2.02. The summed E-state index contributed by atoms with van der Waals surface area (Å²) < 4.78 is 1.58. The highest BCUT2D eigenvalue weighted by atomic mass is 35.5. The van der Waals surface area contributed by atoms with Gasteiger partial charge in [-0.3, -0.25) is 9.48 Å². The first kappa shape index (κ1) is 15.3. The SMILES string of the molecule is CC(C)c1nn(C)c(Cl)c1C(=O)N1C[C@@H](C)N[C@@H](C)C1. The number of rotatable bonds is 2. The number of aromatic nitrogens is 2. The van der Waals surface area contributed by atoms with Gasteiger partial charge in [-0.1, -0.05) is 25.4 Å². The Morgan fingerprint density at radius 1 is 1.35 bits per heavy atom. The molecule has 0 saturated carbocycles. The summed E-state index contributed by atoms with van der Waals surface area (Å²) in [7, 11) is 1.77. The number of carbonyl (C=O) groups is 1. The van der Waals surface area contributed by atoms with E-state index in [1.165, 1.54) is 0 Å². The largest absolute Gasteiger partial charge is 0.335 e. The second kappa shape index (κ2) is 5.74. The number of amides is 1. The predicted molar refractivity (Wildman–Crippen MR) is 80.3 cm³/mol. The van der Waals surface area contributed by atoms with Crippen LogP contribution in [0.5, 0.6) is 0 Å². The molecule has 0 bridgehead atoms. The van der Waals surface area contributed by atoms with E-state index in [1.807, 2.05) is 18.7 Å². The Morgan fingerprint density at radius 2 is 1.90 bits per heavy atom. The van der Waals surface area contributed by atoms with E-state index in [0.717, 1.165) is 5.69 Å². The highest BCUT2D eigenvalue weighted by Gasteiger charge is 2.31. The third-order valence-electron chi connectivity index (χ3n) is 3.61. The molecular formula is C14H23ClN4O. The van der Waals surface area contributed by atoms with Gasteiger partial charge in [0.1, 0.15) is 5.15 Å². The number of hydrogen-bond acceptors (Lipinski definition) is 3. The molecule has 6 heteroatoms. The Balaban J connectivity index is 2.33. The zero-order valence-electron chi connectivity index (χ0n) is 12.8. The normalized spacial score (nSPS) is 23.4. The molecule has 1 amide bonds. The highest BCUT2D eigenvalue weighted by molar-refractivity contribution is 6.33. The van der Waals surface area contributed by atoms with Crippen molar-refractivity contribution in [3.8, 4) is 0 Å². The monoisotopic (exact) mass is 298 g/mol. The molecule has 1 saturated heterocycles. The fourth-order valence-corrected chi connectivity index (χ4v) is 2.99. The van der Waals surface area contributed by atoms with Gasteiger partial charge < -0.3 is 10.2 Å². The van der Waals surface area contributed by atoms with Crippen LogP contribution in [0.4, 0.5) is 0 Å². The molecule has 1 fully saturated rings. The van der Waals surface area contributed by atoms with Crippen molar-refractivity contribution in [2.75, 3.05) is 13.1 Å². The van der Waals surface area contributed by atoms with Gasteiger partial charge in [-0.05, 0) is 19.8 Å². The molecule has 2 atom stereocenters. The van der Waals surface area contributed by atoms with Crippen molar-refractivity contribution in [1.29, 1.82) is 0 Å². The molecule has 0 unspecified atom stereocenters. The van der Waals surface area contributed by atoms with E-state index in [2.05, 4.69) is 24.3 Å². The van der Waals surface area contributed by atoms with Crippen molar-refractivity contribution in [2.24, 2.45) is 7.05 Å². The van der Waals surface area contributed by atoms with Crippen molar-refractivity contribution >= 4 is 17.5 Å². The van der Waals surface area contributed by atoms with E-state index in [4.69, 9.17) is 11.6 Å². The van der Waals surface area contributed by atoms with E-state index in [0.29, 0.717) is 35.9 Å². The molecule has 1 aliphatic heterocycles. The molecule has 20 heavy (non-hydrogen) atoms. The van der Waals surface area contributed by atoms with Gasteiger partial charge in [0.25, 0.3) is 5.91 Å². The van der Waals surface area contributed by atoms with Gasteiger partial charge in [0.2, 0.25) is 0 Å². The lowest BCUT2D eigenvalue weighted by atomic mass is 10.0. The van der Waals surface area contributed by atoms with E-state index in [-0.39, 0.29) is 11.8 Å². The number of carbonyl (C=O) groups excluding carboxylic acids is 1. The molecule has 0 aliphatic carbocycles. The number of nitrogens with one attached hydrogen (secondary N) is 1. The molecule has 2 heterocycles. The lowest BCUT2D eigenvalue weighted by Crippen LogP contribution is -2.55. The second-order valence-corrected chi connectivity index (χ2v) is 6.37. The van der Waals surface area contributed by atoms with Crippen LogP contribution in [-0.4, -0.2) is 45.8 Å². The molecular weight excluding hydrogens is 276 g/mol. The van der Waals surface area contributed by atoms with E-state index in [1.54, 1.807) is 11.7 Å². The molecule has 112 valence electrons. The lowest BCUT2D eigenvalue weighted by molar-refractivity contribution is 0.0672. The van der Waals surface area contributed by atoms with Gasteiger partial charge in [-0.25, -0.2) is 0 Å². The third kappa shape index (κ3) is 2.83. The minimum absolute atomic E-state index is 0.00741. The fourth-order valence-electron chi connectivity index (χ4n) is 2.78. The molecule has 1 aromatic rings. The maximum absolute atomic E-state index is 12.8. The smallest absolute Gasteiger partial charge is 0.259 e. The molecule has 1 aromatic heterocycles. The molecule has 0 aromatic carbocycles. The van der Waals surface area contributed by atoms with E-state index < -0.39 is 0 Å². The summed E-state index contributed by atoms with van der Waals surface area (Å²) in [6.07, 6.45) is 0. The third-order valence-corrected chi connectivity index (χ3v) is 4.04. The summed E-state index contributed by atoms with van der Waals surface area (Å²) in [6.45, 7) is 9.63. The minimum Gasteiger partial charge on any atom is -0.335 e. The summed E-state index contributed by atoms with van der Waals surface area (Å²) in [6, 6.07) is 0.585. The zero-order valence-corrected chi connectivity index (χ0v) is 13.5. The van der Waals surface area contributed by atoms with Crippen LogP contribution in [0.15, 0.2) is 0 Å². The number of nitrogens with zero attached hydrogens (tertiary/aromatic N) is 3. The van der Waals surface area contributed by atoms with Gasteiger partial charge in [-0.15, -0.1) is 0 Å². The van der Waals surface area contributed by atoms with Gasteiger partial charge in [0.15, 0.2) is 0 Å². The first-order valence-corrected chi connectivity index (χ1v) is 7.46. The molecule has 0 spiro atoms. The average Bonchev–Trinajstić information content (AvgIpc) is 2.64. The Bertz CT molecular complexity index is 502. The topological polar surface area (TPSA) is 50.2 Å². The Labute approximate surface area is 125 Å². The van der Waals surface area contributed by atoms with Crippen LogP contribution in [0, 0.1) is 0 Å². The summed E-state index contributed by atoms with van der Waals surface area (Å²) in [5, 5.41) is 8.24. The summed E-state index contributed by atoms with van der Waals surface area (Å²) in [5.74, 6) is 0.164. The van der Waals surface area contributed by atoms with Crippen LogP contribution >= 0.6 is 11.6 Å². The average molecular weight is 299 g/mol. The van der Waals surface area contributed by atoms with Crippen LogP contribution < -0.4 is 5.32 Å². The van der Waals surface area contributed by atoms with Crippen molar-refractivity contribution in [2.45, 2.75) is 45.7 Å². The van der Waals surface area contributed by atoms with Crippen LogP contribution in [0.1, 0.15) is 49.7 Å². The molecule has 0 radical (unpaired) electrons. The summed E-state index contributed by atoms with van der Waals surface area (Å²) in [4.78, 5) is 14.7. The Hall–Kier alpha value is -1.07. The number of piperazine rings is 1. The Kier molecular flexibility index (Phi) is 4.39. The molecule has 1 N–H and O–H groups in total. The minimum atomic E-state index is -0.00741. The van der Waals surface area contributed by atoms with Crippen molar-refractivity contribution < 1.29 is 4.79 Å². The van der Waals surface area contributed by atoms with Crippen LogP contribution in [0.3, 0.4) is 0 Å². The standard InChI is InChI=1S/C14H23ClN4O/c1-8(2)12-11(13(15)18(5)17-12)14(20)19-6-9(3)16-10(4)7-19/h8-10,16H,6-7H2,1-5H3/t9-,10+. The highest BCUT2D eigenvalue weighted by Crippen LogP contribution is 2.27. The van der Waals surface area contributed by atoms with Gasteiger partial charge in [0, 0.05) is 32.2 Å². The van der Waals surface area contributed by atoms with E-state index in [9.17, 15) is 4.79 Å². The second-order valence-electron chi connectivity index (χ2n) is 6.01. The van der Waals surface area contributed by atoms with Crippen LogP contribution in [0.25, 0.3) is 0 Å². The van der Waals surface area contributed by atoms with E-state index >= 15 is 0 Å². The molecule has 5 nitrogen and oxygen atoms in total. The van der Waals surface area contributed by atoms with Crippen molar-refractivity contribution in [1.82, 2.24) is 20.0 Å². The van der Waals surface area contributed by atoms with Gasteiger partial charge >= 0.3 is 0 Å². The summed E-state index contributed by atoms with van der Waals surface area (Å²) >= 11 is 6.28. The number of halogens is 1. The maximum atomic E-state index is 12.8. The van der Waals surface area contributed by atoms with Gasteiger partial charge in [0.05, 0.1) is 11.3 Å². The quantitative estimate of drug-likeness (QED) is 0.909. The van der Waals surface area contributed by atoms with Crippen molar-refractivity contribution in [3.63, 3.8) is 0 Å². The summed E-state index contributed by atoms with van der Waals surface area (Å²) in [5.41, 5.74) is 1.34. The van der Waals surface area contributed by atoms with Crippen LogP contribution in [-0.2, 0) is 7.05 Å². The first-order chi connectivity index (χ1) is 9.31. The molecule has 1 aliphatic rings.